The molecule has 3 rings (SSSR count). The van der Waals surface area contributed by atoms with E-state index in [4.69, 9.17) is 16.3 Å². The number of alkyl halides is 1. The third kappa shape index (κ3) is 3.34. The van der Waals surface area contributed by atoms with E-state index >= 15 is 0 Å². The Morgan fingerprint density at radius 1 is 1.22 bits per heavy atom. The number of benzene rings is 1. The van der Waals surface area contributed by atoms with Gasteiger partial charge in [-0.2, -0.15) is 0 Å². The normalized spacial score (nSPS) is 18.9. The number of halogens is 1. The van der Waals surface area contributed by atoms with Crippen molar-refractivity contribution in [1.82, 2.24) is 14.9 Å². The molecule has 0 saturated carbocycles. The van der Waals surface area contributed by atoms with E-state index in [2.05, 4.69) is 19.8 Å². The Hall–Kier alpha value is -1.63. The van der Waals surface area contributed by atoms with E-state index < -0.39 is 6.10 Å². The fourth-order valence-corrected chi connectivity index (χ4v) is 3.08. The van der Waals surface area contributed by atoms with Crippen LogP contribution in [-0.4, -0.2) is 64.9 Å². The molecule has 2 unspecified atom stereocenters. The van der Waals surface area contributed by atoms with Crippen LogP contribution in [0.3, 0.4) is 0 Å². The average Bonchev–Trinajstić information content (AvgIpc) is 2.60. The molecule has 0 radical (unpaired) electrons. The van der Waals surface area contributed by atoms with Gasteiger partial charge in [0.1, 0.15) is 23.4 Å². The Labute approximate surface area is 140 Å². The number of ether oxygens (including phenoxy) is 1. The Balaban J connectivity index is 1.82. The highest BCUT2D eigenvalue weighted by Gasteiger charge is 2.26. The fourth-order valence-electron chi connectivity index (χ4n) is 2.89. The van der Waals surface area contributed by atoms with E-state index in [-0.39, 0.29) is 5.50 Å². The molecule has 1 N–H and O–H groups in total. The molecule has 23 heavy (non-hydrogen) atoms. The predicted octanol–water partition coefficient (Wildman–Crippen LogP) is 1.71. The van der Waals surface area contributed by atoms with Gasteiger partial charge in [0, 0.05) is 31.6 Å². The zero-order chi connectivity index (χ0) is 16.4. The van der Waals surface area contributed by atoms with Crippen LogP contribution < -0.4 is 9.64 Å². The van der Waals surface area contributed by atoms with E-state index in [0.29, 0.717) is 0 Å². The first kappa shape index (κ1) is 16.2. The van der Waals surface area contributed by atoms with Crippen molar-refractivity contribution in [3.05, 3.63) is 24.5 Å². The maximum atomic E-state index is 9.63. The molecular formula is C16H21ClN4O2. The minimum absolute atomic E-state index is 0.348. The van der Waals surface area contributed by atoms with Crippen molar-refractivity contribution in [2.75, 3.05) is 38.2 Å². The lowest BCUT2D eigenvalue weighted by Crippen LogP contribution is -2.51. The van der Waals surface area contributed by atoms with Gasteiger partial charge in [-0.1, -0.05) is 0 Å². The van der Waals surface area contributed by atoms with Gasteiger partial charge in [0.25, 0.3) is 0 Å². The molecule has 1 aromatic heterocycles. The quantitative estimate of drug-likeness (QED) is 0.677. The van der Waals surface area contributed by atoms with Crippen LogP contribution in [0.2, 0.25) is 0 Å². The van der Waals surface area contributed by atoms with Crippen molar-refractivity contribution >= 4 is 28.3 Å². The maximum absolute atomic E-state index is 9.63. The number of aromatic nitrogens is 2. The molecule has 2 heterocycles. The van der Waals surface area contributed by atoms with Gasteiger partial charge in [0.05, 0.1) is 18.7 Å². The second-order valence-electron chi connectivity index (χ2n) is 5.72. The first-order valence-corrected chi connectivity index (χ1v) is 8.13. The molecule has 0 spiro atoms. The summed E-state index contributed by atoms with van der Waals surface area (Å²) in [5.41, 5.74) is 0.553. The highest BCUT2D eigenvalue weighted by Crippen LogP contribution is 2.28. The van der Waals surface area contributed by atoms with Gasteiger partial charge in [-0.25, -0.2) is 9.97 Å². The highest BCUT2D eigenvalue weighted by molar-refractivity contribution is 6.20. The minimum atomic E-state index is -0.549. The molecule has 0 bridgehead atoms. The van der Waals surface area contributed by atoms with Crippen molar-refractivity contribution in [2.45, 2.75) is 18.5 Å². The van der Waals surface area contributed by atoms with Crippen LogP contribution in [0.4, 0.5) is 5.82 Å². The molecule has 1 saturated heterocycles. The monoisotopic (exact) mass is 336 g/mol. The number of aliphatic hydroxyl groups is 1. The first-order valence-electron chi connectivity index (χ1n) is 7.70. The number of anilines is 1. The van der Waals surface area contributed by atoms with Gasteiger partial charge in [0.2, 0.25) is 0 Å². The van der Waals surface area contributed by atoms with Gasteiger partial charge in [-0.3, -0.25) is 4.90 Å². The number of nitrogens with zero attached hydrogens (tertiary/aromatic N) is 4. The van der Waals surface area contributed by atoms with Crippen molar-refractivity contribution in [3.8, 4) is 5.75 Å². The summed E-state index contributed by atoms with van der Waals surface area (Å²) in [5.74, 6) is 1.71. The third-order valence-corrected chi connectivity index (χ3v) is 4.82. The highest BCUT2D eigenvalue weighted by atomic mass is 35.5. The summed E-state index contributed by atoms with van der Waals surface area (Å²) in [6, 6.07) is 5.81. The van der Waals surface area contributed by atoms with E-state index in [1.807, 2.05) is 18.2 Å². The Morgan fingerprint density at radius 3 is 2.61 bits per heavy atom. The summed E-state index contributed by atoms with van der Waals surface area (Å²) in [6.07, 6.45) is 1.05. The summed E-state index contributed by atoms with van der Waals surface area (Å²) in [4.78, 5) is 13.1. The number of aliphatic hydroxyl groups excluding tert-OH is 1. The van der Waals surface area contributed by atoms with Crippen molar-refractivity contribution in [1.29, 1.82) is 0 Å². The maximum Gasteiger partial charge on any atom is 0.140 e. The molecule has 0 amide bonds. The number of methoxy groups -OCH3 is 1. The van der Waals surface area contributed by atoms with Crippen molar-refractivity contribution in [3.63, 3.8) is 0 Å². The van der Waals surface area contributed by atoms with Crippen molar-refractivity contribution < 1.29 is 9.84 Å². The zero-order valence-corrected chi connectivity index (χ0v) is 14.1. The smallest absolute Gasteiger partial charge is 0.140 e. The Morgan fingerprint density at radius 2 is 1.96 bits per heavy atom. The molecule has 1 aliphatic rings. The number of hydrogen-bond acceptors (Lipinski definition) is 6. The number of fused-ring (bicyclic) bond motifs is 1. The Bertz CT molecular complexity index is 674. The van der Waals surface area contributed by atoms with Gasteiger partial charge in [-0.05, 0) is 25.1 Å². The summed E-state index contributed by atoms with van der Waals surface area (Å²) in [5, 5.41) is 10.6. The lowest BCUT2D eigenvalue weighted by Gasteiger charge is -2.38. The zero-order valence-electron chi connectivity index (χ0n) is 13.3. The molecule has 1 aromatic carbocycles. The van der Waals surface area contributed by atoms with Gasteiger partial charge in [-0.15, -0.1) is 11.6 Å². The lowest BCUT2D eigenvalue weighted by molar-refractivity contribution is 0.0998. The number of hydrogen-bond donors (Lipinski definition) is 1. The second kappa shape index (κ2) is 6.86. The molecular weight excluding hydrogens is 316 g/mol. The van der Waals surface area contributed by atoms with E-state index in [1.165, 1.54) is 0 Å². The first-order chi connectivity index (χ1) is 11.1. The van der Waals surface area contributed by atoms with E-state index in [1.54, 1.807) is 20.4 Å². The molecule has 1 aliphatic heterocycles. The minimum Gasteiger partial charge on any atom is -0.497 e. The molecule has 124 valence electrons. The SMILES string of the molecule is COc1ccc2ncnc(N3CCN(C(Cl)C(C)O)CC3)c2c1. The molecule has 6 nitrogen and oxygen atoms in total. The van der Waals surface area contributed by atoms with E-state index in [9.17, 15) is 5.11 Å². The van der Waals surface area contributed by atoms with Crippen molar-refractivity contribution in [2.24, 2.45) is 0 Å². The van der Waals surface area contributed by atoms with Gasteiger partial charge < -0.3 is 14.7 Å². The number of rotatable bonds is 4. The Kier molecular flexibility index (Phi) is 4.84. The molecule has 2 atom stereocenters. The molecule has 0 aliphatic carbocycles. The van der Waals surface area contributed by atoms with Crippen LogP contribution in [0, 0.1) is 0 Å². The third-order valence-electron chi connectivity index (χ3n) is 4.18. The predicted molar refractivity (Wildman–Crippen MR) is 91.2 cm³/mol. The molecule has 2 aromatic rings. The van der Waals surface area contributed by atoms with Crippen LogP contribution in [0.1, 0.15) is 6.92 Å². The summed E-state index contributed by atoms with van der Waals surface area (Å²) in [7, 11) is 1.65. The summed E-state index contributed by atoms with van der Waals surface area (Å²) >= 11 is 6.24. The average molecular weight is 337 g/mol. The second-order valence-corrected chi connectivity index (χ2v) is 6.16. The topological polar surface area (TPSA) is 61.7 Å². The molecule has 7 heteroatoms. The van der Waals surface area contributed by atoms with Crippen LogP contribution in [0.25, 0.3) is 10.9 Å². The fraction of sp³-hybridized carbons (Fsp3) is 0.500. The van der Waals surface area contributed by atoms with Gasteiger partial charge >= 0.3 is 0 Å². The van der Waals surface area contributed by atoms with Crippen LogP contribution in [0.15, 0.2) is 24.5 Å². The van der Waals surface area contributed by atoms with E-state index in [0.717, 1.165) is 48.6 Å². The number of piperazine rings is 1. The summed E-state index contributed by atoms with van der Waals surface area (Å²) in [6.45, 7) is 4.90. The lowest BCUT2D eigenvalue weighted by atomic mass is 10.2. The van der Waals surface area contributed by atoms with Crippen LogP contribution >= 0.6 is 11.6 Å². The standard InChI is InChI=1S/C16H21ClN4O2/c1-11(22)15(17)20-5-7-21(8-6-20)16-13-9-12(23-2)3-4-14(13)18-10-19-16/h3-4,9-11,15,22H,5-8H2,1-2H3. The van der Waals surface area contributed by atoms with Crippen LogP contribution in [0.5, 0.6) is 5.75 Å². The largest absolute Gasteiger partial charge is 0.497 e. The van der Waals surface area contributed by atoms with Gasteiger partial charge in [0.15, 0.2) is 0 Å². The summed E-state index contributed by atoms with van der Waals surface area (Å²) < 4.78 is 5.31. The van der Waals surface area contributed by atoms with Crippen LogP contribution in [-0.2, 0) is 0 Å². The molecule has 1 fully saturated rings.